The highest BCUT2D eigenvalue weighted by Crippen LogP contribution is 2.34. The van der Waals surface area contributed by atoms with Gasteiger partial charge in [-0.1, -0.05) is 20.8 Å². The number of hydrogen-bond donors (Lipinski definition) is 1. The van der Waals surface area contributed by atoms with Crippen molar-refractivity contribution in [2.24, 2.45) is 11.3 Å². The van der Waals surface area contributed by atoms with E-state index in [0.29, 0.717) is 17.2 Å². The first-order valence-electron chi connectivity index (χ1n) is 8.20. The number of aromatic nitrogens is 1. The molecule has 1 saturated heterocycles. The molecule has 0 aliphatic carbocycles. The number of carbonyl (C=O) groups is 1. The van der Waals surface area contributed by atoms with Crippen LogP contribution in [0.1, 0.15) is 61.8 Å². The largest absolute Gasteiger partial charge is 0.362 e. The van der Waals surface area contributed by atoms with Gasteiger partial charge in [0.25, 0.3) is 5.91 Å². The molecule has 1 unspecified atom stereocenters. The lowest BCUT2D eigenvalue weighted by Crippen LogP contribution is -2.36. The summed E-state index contributed by atoms with van der Waals surface area (Å²) in [7, 11) is 0. The van der Waals surface area contributed by atoms with E-state index in [-0.39, 0.29) is 16.8 Å². The highest BCUT2D eigenvalue weighted by molar-refractivity contribution is 5.95. The molecule has 4 nitrogen and oxygen atoms in total. The van der Waals surface area contributed by atoms with Crippen molar-refractivity contribution in [1.29, 1.82) is 0 Å². The lowest BCUT2D eigenvalue weighted by atomic mass is 9.77. The number of H-pyrrole nitrogens is 1. The summed E-state index contributed by atoms with van der Waals surface area (Å²) in [4.78, 5) is 29.9. The monoisotopic (exact) mass is 304 g/mol. The fourth-order valence-electron chi connectivity index (χ4n) is 3.44. The Balaban J connectivity index is 2.19. The van der Waals surface area contributed by atoms with E-state index in [1.807, 2.05) is 11.8 Å². The summed E-state index contributed by atoms with van der Waals surface area (Å²) in [6, 6.07) is 1.51. The molecule has 1 N–H and O–H groups in total. The molecule has 1 aliphatic heterocycles. The molecule has 0 spiro atoms. The third-order valence-corrected chi connectivity index (χ3v) is 4.81. The van der Waals surface area contributed by atoms with Gasteiger partial charge in [-0.15, -0.1) is 0 Å². The number of aromatic amines is 1. The molecule has 2 heterocycles. The van der Waals surface area contributed by atoms with Crippen LogP contribution in [0.3, 0.4) is 0 Å². The smallest absolute Gasteiger partial charge is 0.259 e. The van der Waals surface area contributed by atoms with Crippen LogP contribution in [0, 0.1) is 25.2 Å². The Morgan fingerprint density at radius 3 is 2.50 bits per heavy atom. The molecule has 0 saturated carbocycles. The third kappa shape index (κ3) is 3.60. The minimum atomic E-state index is -0.171. The van der Waals surface area contributed by atoms with Crippen LogP contribution in [0.25, 0.3) is 0 Å². The highest BCUT2D eigenvalue weighted by Gasteiger charge is 2.29. The van der Waals surface area contributed by atoms with Crippen LogP contribution in [-0.2, 0) is 0 Å². The SMILES string of the molecule is Cc1cc(=O)c(C(=O)N2CCCC(C(C)(C)C)CC2)c(C)[nH]1. The van der Waals surface area contributed by atoms with Crippen LogP contribution in [0.15, 0.2) is 10.9 Å². The molecular formula is C18H28N2O2. The first-order chi connectivity index (χ1) is 10.2. The van der Waals surface area contributed by atoms with Gasteiger partial charge in [0.1, 0.15) is 5.56 Å². The van der Waals surface area contributed by atoms with Crippen molar-refractivity contribution < 1.29 is 4.79 Å². The van der Waals surface area contributed by atoms with Crippen molar-refractivity contribution >= 4 is 5.91 Å². The fraction of sp³-hybridized carbons (Fsp3) is 0.667. The first kappa shape index (κ1) is 16.8. The first-order valence-corrected chi connectivity index (χ1v) is 8.20. The zero-order valence-electron chi connectivity index (χ0n) is 14.5. The van der Waals surface area contributed by atoms with E-state index < -0.39 is 0 Å². The third-order valence-electron chi connectivity index (χ3n) is 4.81. The van der Waals surface area contributed by atoms with E-state index in [9.17, 15) is 9.59 Å². The van der Waals surface area contributed by atoms with E-state index in [1.54, 1.807) is 6.92 Å². The summed E-state index contributed by atoms with van der Waals surface area (Å²) >= 11 is 0. The molecule has 2 rings (SSSR count). The Kier molecular flexibility index (Phi) is 4.78. The molecule has 1 atom stereocenters. The van der Waals surface area contributed by atoms with Crippen molar-refractivity contribution in [3.05, 3.63) is 33.2 Å². The Morgan fingerprint density at radius 1 is 1.23 bits per heavy atom. The highest BCUT2D eigenvalue weighted by atomic mass is 16.2. The number of hydrogen-bond acceptors (Lipinski definition) is 2. The van der Waals surface area contributed by atoms with Crippen molar-refractivity contribution in [1.82, 2.24) is 9.88 Å². The number of nitrogens with zero attached hydrogens (tertiary/aromatic N) is 1. The van der Waals surface area contributed by atoms with Crippen LogP contribution in [-0.4, -0.2) is 28.9 Å². The maximum atomic E-state index is 12.8. The molecule has 0 radical (unpaired) electrons. The molecule has 1 amide bonds. The summed E-state index contributed by atoms with van der Waals surface area (Å²) < 4.78 is 0. The molecule has 22 heavy (non-hydrogen) atoms. The van der Waals surface area contributed by atoms with Gasteiger partial charge in [-0.2, -0.15) is 0 Å². The van der Waals surface area contributed by atoms with Crippen LogP contribution in [0.4, 0.5) is 0 Å². The number of carbonyl (C=O) groups excluding carboxylic acids is 1. The number of pyridine rings is 1. The van der Waals surface area contributed by atoms with Gasteiger partial charge in [0.05, 0.1) is 0 Å². The average molecular weight is 304 g/mol. The van der Waals surface area contributed by atoms with Crippen molar-refractivity contribution in [2.75, 3.05) is 13.1 Å². The van der Waals surface area contributed by atoms with Gasteiger partial charge >= 0.3 is 0 Å². The summed E-state index contributed by atoms with van der Waals surface area (Å²) in [5.41, 5.74) is 1.88. The van der Waals surface area contributed by atoms with Gasteiger partial charge < -0.3 is 9.88 Å². The maximum absolute atomic E-state index is 12.8. The predicted molar refractivity (Wildman–Crippen MR) is 89.2 cm³/mol. The standard InChI is InChI=1S/C18H28N2O2/c1-12-11-15(21)16(13(2)19-12)17(22)20-9-6-7-14(8-10-20)18(3,4)5/h11,14H,6-10H2,1-5H3,(H,19,21). The zero-order chi connectivity index (χ0) is 16.5. The second-order valence-electron chi connectivity index (χ2n) is 7.60. The van der Waals surface area contributed by atoms with Crippen molar-refractivity contribution in [2.45, 2.75) is 53.9 Å². The molecule has 1 aromatic heterocycles. The quantitative estimate of drug-likeness (QED) is 0.865. The van der Waals surface area contributed by atoms with Crippen molar-refractivity contribution in [3.63, 3.8) is 0 Å². The minimum Gasteiger partial charge on any atom is -0.362 e. The molecular weight excluding hydrogens is 276 g/mol. The number of rotatable bonds is 1. The number of amides is 1. The second kappa shape index (κ2) is 6.27. The van der Waals surface area contributed by atoms with E-state index >= 15 is 0 Å². The molecule has 122 valence electrons. The average Bonchev–Trinajstić information content (AvgIpc) is 2.62. The minimum absolute atomic E-state index is 0.117. The molecule has 0 bridgehead atoms. The molecule has 1 aromatic rings. The van der Waals surface area contributed by atoms with Gasteiger partial charge in [0, 0.05) is 30.5 Å². The second-order valence-corrected chi connectivity index (χ2v) is 7.60. The van der Waals surface area contributed by atoms with Crippen LogP contribution < -0.4 is 5.43 Å². The number of likely N-dealkylation sites (tertiary alicyclic amines) is 1. The van der Waals surface area contributed by atoms with Crippen molar-refractivity contribution in [3.8, 4) is 0 Å². The molecule has 4 heteroatoms. The Bertz CT molecular complexity index is 610. The Hall–Kier alpha value is -1.58. The summed E-state index contributed by atoms with van der Waals surface area (Å²) in [5, 5.41) is 0. The Morgan fingerprint density at radius 2 is 1.91 bits per heavy atom. The van der Waals surface area contributed by atoms with E-state index in [2.05, 4.69) is 25.8 Å². The van der Waals surface area contributed by atoms with Gasteiger partial charge in [-0.3, -0.25) is 9.59 Å². The summed E-state index contributed by atoms with van der Waals surface area (Å²) in [6.07, 6.45) is 3.17. The van der Waals surface area contributed by atoms with Crippen LogP contribution >= 0.6 is 0 Å². The molecule has 1 fully saturated rings. The zero-order valence-corrected chi connectivity index (χ0v) is 14.5. The van der Waals surface area contributed by atoms with Gasteiger partial charge in [0.2, 0.25) is 0 Å². The van der Waals surface area contributed by atoms with E-state index in [0.717, 1.165) is 38.0 Å². The topological polar surface area (TPSA) is 53.2 Å². The normalized spacial score (nSPS) is 19.9. The lowest BCUT2D eigenvalue weighted by molar-refractivity contribution is 0.0753. The van der Waals surface area contributed by atoms with Crippen LogP contribution in [0.5, 0.6) is 0 Å². The van der Waals surface area contributed by atoms with E-state index in [1.165, 1.54) is 6.07 Å². The molecule has 0 aromatic carbocycles. The van der Waals surface area contributed by atoms with Gasteiger partial charge in [-0.05, 0) is 44.4 Å². The fourth-order valence-corrected chi connectivity index (χ4v) is 3.44. The van der Waals surface area contributed by atoms with E-state index in [4.69, 9.17) is 0 Å². The van der Waals surface area contributed by atoms with Gasteiger partial charge in [-0.25, -0.2) is 0 Å². The number of nitrogens with one attached hydrogen (secondary N) is 1. The van der Waals surface area contributed by atoms with Crippen LogP contribution in [0.2, 0.25) is 0 Å². The molecule has 1 aliphatic rings. The Labute approximate surface area is 132 Å². The summed E-state index contributed by atoms with van der Waals surface area (Å²) in [5.74, 6) is 0.510. The van der Waals surface area contributed by atoms with Gasteiger partial charge in [0.15, 0.2) is 5.43 Å². The lowest BCUT2D eigenvalue weighted by Gasteiger charge is -2.29. The maximum Gasteiger partial charge on any atom is 0.259 e. The predicted octanol–water partition coefficient (Wildman–Crippen LogP) is 3.28. The summed E-state index contributed by atoms with van der Waals surface area (Å²) in [6.45, 7) is 11.9. The number of aryl methyl sites for hydroxylation is 2.